The predicted octanol–water partition coefficient (Wildman–Crippen LogP) is 5.92. The second-order valence-corrected chi connectivity index (χ2v) is 7.64. The van der Waals surface area contributed by atoms with Crippen LogP contribution in [0.1, 0.15) is 28.4 Å². The minimum atomic E-state index is -4.45. The summed E-state index contributed by atoms with van der Waals surface area (Å²) in [6.07, 6.45) is -2.72. The summed E-state index contributed by atoms with van der Waals surface area (Å²) in [5.41, 5.74) is 2.29. The molecule has 1 heterocycles. The first-order chi connectivity index (χ1) is 15.8. The molecule has 5 nitrogen and oxygen atoms in total. The number of hydrogen-bond acceptors (Lipinski definition) is 3. The average molecular weight is 453 g/mol. The molecule has 0 fully saturated rings. The first kappa shape index (κ1) is 22.4. The number of rotatable bonds is 6. The molecule has 0 unspecified atom stereocenters. The van der Waals surface area contributed by atoms with Crippen molar-refractivity contribution in [1.82, 2.24) is 15.1 Å². The number of ether oxygens (including phenoxy) is 1. The molecule has 0 aliphatic heterocycles. The highest BCUT2D eigenvalue weighted by Gasteiger charge is 2.30. The number of fused-ring (bicyclic) bond motifs is 1. The number of carbonyl (C=O) groups is 1. The van der Waals surface area contributed by atoms with Crippen molar-refractivity contribution in [2.75, 3.05) is 13.7 Å². The summed E-state index contributed by atoms with van der Waals surface area (Å²) in [6, 6.07) is 15.6. The van der Waals surface area contributed by atoms with E-state index in [9.17, 15) is 18.0 Å². The molecule has 4 rings (SSSR count). The van der Waals surface area contributed by atoms with Crippen LogP contribution in [-0.2, 0) is 12.7 Å². The van der Waals surface area contributed by atoms with Crippen LogP contribution in [0, 0.1) is 0 Å². The summed E-state index contributed by atoms with van der Waals surface area (Å²) in [5, 5.41) is 7.96. The number of hydrogen-bond donors (Lipinski definition) is 1. The minimum Gasteiger partial charge on any atom is -0.493 e. The van der Waals surface area contributed by atoms with Crippen LogP contribution in [0.5, 0.6) is 5.75 Å². The van der Waals surface area contributed by atoms with Gasteiger partial charge in [-0.2, -0.15) is 18.3 Å². The number of H-pyrrole nitrogens is 1. The fourth-order valence-electron chi connectivity index (χ4n) is 3.74. The SMILES string of the molecule is CCOc1cc(C(=O)N(C)Cc2cccc3cn[nH]c23)ccc1-c1cccc(C(F)(F)F)c1. The van der Waals surface area contributed by atoms with Crippen molar-refractivity contribution in [3.8, 4) is 16.9 Å². The first-order valence-corrected chi connectivity index (χ1v) is 10.4. The lowest BCUT2D eigenvalue weighted by atomic mass is 10.00. The molecule has 0 saturated heterocycles. The summed E-state index contributed by atoms with van der Waals surface area (Å²) in [5.74, 6) is 0.120. The average Bonchev–Trinajstić information content (AvgIpc) is 3.28. The molecule has 170 valence electrons. The van der Waals surface area contributed by atoms with Crippen molar-refractivity contribution in [2.45, 2.75) is 19.6 Å². The third-order valence-corrected chi connectivity index (χ3v) is 5.35. The van der Waals surface area contributed by atoms with Crippen molar-refractivity contribution in [3.05, 3.63) is 83.6 Å². The van der Waals surface area contributed by atoms with Crippen LogP contribution in [0.4, 0.5) is 13.2 Å². The van der Waals surface area contributed by atoms with Gasteiger partial charge < -0.3 is 9.64 Å². The van der Waals surface area contributed by atoms with E-state index in [1.165, 1.54) is 6.07 Å². The molecule has 0 spiro atoms. The second-order valence-electron chi connectivity index (χ2n) is 7.64. The molecule has 8 heteroatoms. The molecule has 0 bridgehead atoms. The van der Waals surface area contributed by atoms with Gasteiger partial charge in [0.25, 0.3) is 5.91 Å². The van der Waals surface area contributed by atoms with Gasteiger partial charge in [-0.25, -0.2) is 0 Å². The Bertz CT molecular complexity index is 1300. The maximum absolute atomic E-state index is 13.2. The standard InChI is InChI=1S/C25H22F3N3O2/c1-3-33-22-13-17(10-11-21(22)16-6-5-9-20(12-16)25(26,27)28)24(32)31(2)15-19-8-4-7-18-14-29-30-23(18)19/h4-14H,3,15H2,1-2H3,(H,29,30). The highest BCUT2D eigenvalue weighted by atomic mass is 19.4. The molecule has 0 aliphatic carbocycles. The number of alkyl halides is 3. The number of benzene rings is 3. The largest absolute Gasteiger partial charge is 0.493 e. The smallest absolute Gasteiger partial charge is 0.416 e. The maximum Gasteiger partial charge on any atom is 0.416 e. The molecular weight excluding hydrogens is 431 g/mol. The fraction of sp³-hybridized carbons (Fsp3) is 0.200. The van der Waals surface area contributed by atoms with Crippen LogP contribution >= 0.6 is 0 Å². The van der Waals surface area contributed by atoms with Gasteiger partial charge in [-0.3, -0.25) is 9.89 Å². The van der Waals surface area contributed by atoms with Crippen molar-refractivity contribution >= 4 is 16.8 Å². The summed E-state index contributed by atoms with van der Waals surface area (Å²) >= 11 is 0. The Morgan fingerprint density at radius 1 is 1.09 bits per heavy atom. The molecule has 3 aromatic carbocycles. The Morgan fingerprint density at radius 3 is 2.64 bits per heavy atom. The number of amides is 1. The van der Waals surface area contributed by atoms with Crippen LogP contribution in [-0.4, -0.2) is 34.7 Å². The molecule has 1 N–H and O–H groups in total. The molecule has 1 aromatic heterocycles. The number of nitrogens with one attached hydrogen (secondary N) is 1. The van der Waals surface area contributed by atoms with Gasteiger partial charge in [0.1, 0.15) is 5.75 Å². The zero-order chi connectivity index (χ0) is 23.6. The Kier molecular flexibility index (Phi) is 6.09. The van der Waals surface area contributed by atoms with Crippen LogP contribution in [0.3, 0.4) is 0 Å². The third kappa shape index (κ3) is 4.69. The third-order valence-electron chi connectivity index (χ3n) is 5.35. The fourth-order valence-corrected chi connectivity index (χ4v) is 3.74. The van der Waals surface area contributed by atoms with Crippen LogP contribution in [0.25, 0.3) is 22.0 Å². The van der Waals surface area contributed by atoms with Gasteiger partial charge in [0.15, 0.2) is 0 Å². The van der Waals surface area contributed by atoms with E-state index in [1.807, 2.05) is 18.2 Å². The van der Waals surface area contributed by atoms with Gasteiger partial charge in [-0.15, -0.1) is 0 Å². The van der Waals surface area contributed by atoms with E-state index in [0.717, 1.165) is 28.6 Å². The topological polar surface area (TPSA) is 58.2 Å². The van der Waals surface area contributed by atoms with Gasteiger partial charge in [0.05, 0.1) is 23.9 Å². The van der Waals surface area contributed by atoms with Crippen LogP contribution in [0.15, 0.2) is 66.9 Å². The van der Waals surface area contributed by atoms with E-state index in [0.29, 0.717) is 35.6 Å². The molecule has 1 amide bonds. The van der Waals surface area contributed by atoms with E-state index in [-0.39, 0.29) is 5.91 Å². The number of halogens is 3. The molecular formula is C25H22F3N3O2. The van der Waals surface area contributed by atoms with E-state index in [4.69, 9.17) is 4.74 Å². The summed E-state index contributed by atoms with van der Waals surface area (Å²) in [4.78, 5) is 14.7. The molecule has 4 aromatic rings. The van der Waals surface area contributed by atoms with Crippen molar-refractivity contribution in [2.24, 2.45) is 0 Å². The lowest BCUT2D eigenvalue weighted by molar-refractivity contribution is -0.137. The van der Waals surface area contributed by atoms with Crippen LogP contribution in [0.2, 0.25) is 0 Å². The zero-order valence-electron chi connectivity index (χ0n) is 18.1. The van der Waals surface area contributed by atoms with Gasteiger partial charge in [-0.05, 0) is 48.4 Å². The number of carbonyl (C=O) groups excluding carboxylic acids is 1. The maximum atomic E-state index is 13.2. The lowest BCUT2D eigenvalue weighted by Gasteiger charge is -2.19. The quantitative estimate of drug-likeness (QED) is 0.394. The Labute approximate surface area is 188 Å². The molecule has 0 radical (unpaired) electrons. The van der Waals surface area contributed by atoms with Gasteiger partial charge >= 0.3 is 6.18 Å². The number of aromatic nitrogens is 2. The lowest BCUT2D eigenvalue weighted by Crippen LogP contribution is -2.26. The predicted molar refractivity (Wildman–Crippen MR) is 120 cm³/mol. The minimum absolute atomic E-state index is 0.233. The normalized spacial score (nSPS) is 11.5. The summed E-state index contributed by atoms with van der Waals surface area (Å²) in [6.45, 7) is 2.45. The van der Waals surface area contributed by atoms with E-state index < -0.39 is 11.7 Å². The van der Waals surface area contributed by atoms with Crippen molar-refractivity contribution in [1.29, 1.82) is 0 Å². The number of nitrogens with zero attached hydrogens (tertiary/aromatic N) is 2. The first-order valence-electron chi connectivity index (χ1n) is 10.4. The van der Waals surface area contributed by atoms with Crippen molar-refractivity contribution < 1.29 is 22.7 Å². The highest BCUT2D eigenvalue weighted by molar-refractivity contribution is 5.95. The highest BCUT2D eigenvalue weighted by Crippen LogP contribution is 2.36. The molecule has 0 saturated carbocycles. The van der Waals surface area contributed by atoms with Crippen LogP contribution < -0.4 is 4.74 Å². The monoisotopic (exact) mass is 453 g/mol. The van der Waals surface area contributed by atoms with Gasteiger partial charge in [0, 0.05) is 30.1 Å². The second kappa shape index (κ2) is 8.97. The van der Waals surface area contributed by atoms with Gasteiger partial charge in [0.2, 0.25) is 0 Å². The molecule has 33 heavy (non-hydrogen) atoms. The zero-order valence-corrected chi connectivity index (χ0v) is 18.1. The van der Waals surface area contributed by atoms with E-state index in [2.05, 4.69) is 10.2 Å². The summed E-state index contributed by atoms with van der Waals surface area (Å²) in [7, 11) is 1.69. The molecule has 0 aliphatic rings. The van der Waals surface area contributed by atoms with E-state index in [1.54, 1.807) is 49.3 Å². The molecule has 0 atom stereocenters. The van der Waals surface area contributed by atoms with Crippen molar-refractivity contribution in [3.63, 3.8) is 0 Å². The Balaban J connectivity index is 1.63. The Morgan fingerprint density at radius 2 is 1.88 bits per heavy atom. The van der Waals surface area contributed by atoms with Gasteiger partial charge in [-0.1, -0.05) is 30.3 Å². The number of aromatic amines is 1. The Hall–Kier alpha value is -3.81. The summed E-state index contributed by atoms with van der Waals surface area (Å²) < 4.78 is 45.2. The van der Waals surface area contributed by atoms with E-state index >= 15 is 0 Å². The number of para-hydroxylation sites is 1.